The summed E-state index contributed by atoms with van der Waals surface area (Å²) in [6.45, 7) is 4.56. The van der Waals surface area contributed by atoms with Crippen molar-refractivity contribution in [3.63, 3.8) is 0 Å². The Kier molecular flexibility index (Phi) is 6.36. The van der Waals surface area contributed by atoms with E-state index in [0.717, 1.165) is 17.7 Å². The van der Waals surface area contributed by atoms with Crippen LogP contribution in [0.25, 0.3) is 0 Å². The molecule has 19 heavy (non-hydrogen) atoms. The normalized spacial score (nSPS) is 13.7. The number of ether oxygens (including phenoxy) is 1. The molecule has 0 saturated carbocycles. The van der Waals surface area contributed by atoms with E-state index in [2.05, 4.69) is 12.2 Å². The zero-order chi connectivity index (χ0) is 14.3. The molecule has 4 nitrogen and oxygen atoms in total. The predicted octanol–water partition coefficient (Wildman–Crippen LogP) is 2.25. The molecule has 1 amide bonds. The molecule has 1 aromatic rings. The van der Waals surface area contributed by atoms with E-state index in [0.29, 0.717) is 13.0 Å². The first-order valence-corrected chi connectivity index (χ1v) is 6.74. The lowest BCUT2D eigenvalue weighted by molar-refractivity contribution is -0.122. The van der Waals surface area contributed by atoms with Gasteiger partial charge in [-0.25, -0.2) is 0 Å². The Morgan fingerprint density at radius 2 is 2.11 bits per heavy atom. The minimum atomic E-state index is -0.0704. The van der Waals surface area contributed by atoms with E-state index in [4.69, 9.17) is 10.5 Å². The minimum Gasteiger partial charge on any atom is -0.496 e. The molecule has 0 radical (unpaired) electrons. The highest BCUT2D eigenvalue weighted by atomic mass is 16.5. The zero-order valence-electron chi connectivity index (χ0n) is 12.0. The van der Waals surface area contributed by atoms with E-state index < -0.39 is 0 Å². The van der Waals surface area contributed by atoms with Crippen molar-refractivity contribution in [1.82, 2.24) is 5.32 Å². The Hall–Kier alpha value is -1.55. The topological polar surface area (TPSA) is 64.4 Å². The molecular weight excluding hydrogens is 240 g/mol. The van der Waals surface area contributed by atoms with E-state index in [9.17, 15) is 4.79 Å². The molecule has 1 aromatic carbocycles. The van der Waals surface area contributed by atoms with E-state index in [-0.39, 0.29) is 17.9 Å². The van der Waals surface area contributed by atoms with Gasteiger partial charge in [0.05, 0.1) is 13.2 Å². The number of benzene rings is 1. The van der Waals surface area contributed by atoms with Crippen molar-refractivity contribution in [3.05, 3.63) is 29.8 Å². The number of methoxy groups -OCH3 is 1. The standard InChI is InChI=1S/C15H24N2O2/c1-4-12(10-16)9-15(18)17-11(2)13-7-5-6-8-14(13)19-3/h5-8,11-12H,4,9-10,16H2,1-3H3,(H,17,18)/t11-,12?/m0/s1. The molecule has 0 aliphatic carbocycles. The summed E-state index contributed by atoms with van der Waals surface area (Å²) in [5.74, 6) is 1.08. The molecular formula is C15H24N2O2. The first-order chi connectivity index (χ1) is 9.12. The average molecular weight is 264 g/mol. The fourth-order valence-corrected chi connectivity index (χ4v) is 2.06. The van der Waals surface area contributed by atoms with Gasteiger partial charge >= 0.3 is 0 Å². The molecule has 4 heteroatoms. The number of nitrogens with one attached hydrogen (secondary N) is 1. The van der Waals surface area contributed by atoms with Crippen LogP contribution < -0.4 is 15.8 Å². The van der Waals surface area contributed by atoms with Gasteiger partial charge in [0.25, 0.3) is 0 Å². The zero-order valence-corrected chi connectivity index (χ0v) is 12.0. The number of rotatable bonds is 7. The Bertz CT molecular complexity index is 403. The van der Waals surface area contributed by atoms with Crippen LogP contribution in [0, 0.1) is 5.92 Å². The number of para-hydroxylation sites is 1. The van der Waals surface area contributed by atoms with Crippen molar-refractivity contribution in [2.75, 3.05) is 13.7 Å². The van der Waals surface area contributed by atoms with Crippen LogP contribution in [0.15, 0.2) is 24.3 Å². The van der Waals surface area contributed by atoms with Gasteiger partial charge in [-0.3, -0.25) is 4.79 Å². The maximum Gasteiger partial charge on any atom is 0.220 e. The summed E-state index contributed by atoms with van der Waals surface area (Å²) in [6.07, 6.45) is 1.40. The summed E-state index contributed by atoms with van der Waals surface area (Å²) in [6, 6.07) is 7.64. The van der Waals surface area contributed by atoms with Gasteiger partial charge in [0.2, 0.25) is 5.91 Å². The molecule has 0 spiro atoms. The molecule has 0 aliphatic heterocycles. The van der Waals surface area contributed by atoms with Gasteiger partial charge in [-0.05, 0) is 25.5 Å². The quantitative estimate of drug-likeness (QED) is 0.794. The number of hydrogen-bond acceptors (Lipinski definition) is 3. The molecule has 2 atom stereocenters. The fourth-order valence-electron chi connectivity index (χ4n) is 2.06. The van der Waals surface area contributed by atoms with Crippen LogP contribution in [0.4, 0.5) is 0 Å². The first-order valence-electron chi connectivity index (χ1n) is 6.74. The molecule has 3 N–H and O–H groups in total. The molecule has 1 unspecified atom stereocenters. The highest BCUT2D eigenvalue weighted by Gasteiger charge is 2.16. The number of carbonyl (C=O) groups is 1. The highest BCUT2D eigenvalue weighted by Crippen LogP contribution is 2.24. The average Bonchev–Trinajstić information content (AvgIpc) is 2.44. The van der Waals surface area contributed by atoms with Gasteiger partial charge in [-0.2, -0.15) is 0 Å². The molecule has 0 aliphatic rings. The molecule has 0 heterocycles. The van der Waals surface area contributed by atoms with Crippen molar-refractivity contribution in [2.45, 2.75) is 32.7 Å². The van der Waals surface area contributed by atoms with Gasteiger partial charge < -0.3 is 15.8 Å². The van der Waals surface area contributed by atoms with Crippen LogP contribution >= 0.6 is 0 Å². The fraction of sp³-hybridized carbons (Fsp3) is 0.533. The second kappa shape index (κ2) is 7.79. The number of amides is 1. The lowest BCUT2D eigenvalue weighted by Gasteiger charge is -2.19. The van der Waals surface area contributed by atoms with Crippen LogP contribution in [-0.2, 0) is 4.79 Å². The summed E-state index contributed by atoms with van der Waals surface area (Å²) in [7, 11) is 1.63. The lowest BCUT2D eigenvalue weighted by atomic mass is 10.0. The third kappa shape index (κ3) is 4.56. The second-order valence-corrected chi connectivity index (χ2v) is 4.75. The Morgan fingerprint density at radius 3 is 2.68 bits per heavy atom. The smallest absolute Gasteiger partial charge is 0.220 e. The van der Waals surface area contributed by atoms with Gasteiger partial charge in [-0.1, -0.05) is 31.5 Å². The molecule has 0 bridgehead atoms. The summed E-state index contributed by atoms with van der Waals surface area (Å²) in [5, 5.41) is 3.00. The van der Waals surface area contributed by atoms with Crippen LogP contribution in [0.3, 0.4) is 0 Å². The molecule has 106 valence electrons. The van der Waals surface area contributed by atoms with E-state index in [1.54, 1.807) is 7.11 Å². The molecule has 0 fully saturated rings. The Morgan fingerprint density at radius 1 is 1.42 bits per heavy atom. The predicted molar refractivity (Wildman–Crippen MR) is 77.0 cm³/mol. The monoisotopic (exact) mass is 264 g/mol. The lowest BCUT2D eigenvalue weighted by Crippen LogP contribution is -2.30. The summed E-state index contributed by atoms with van der Waals surface area (Å²) < 4.78 is 5.30. The van der Waals surface area contributed by atoms with Crippen molar-refractivity contribution in [3.8, 4) is 5.75 Å². The van der Waals surface area contributed by atoms with Crippen molar-refractivity contribution in [2.24, 2.45) is 11.7 Å². The van der Waals surface area contributed by atoms with Gasteiger partial charge in [0.15, 0.2) is 0 Å². The SMILES string of the molecule is CCC(CN)CC(=O)N[C@@H](C)c1ccccc1OC. The van der Waals surface area contributed by atoms with Crippen LogP contribution in [0.1, 0.15) is 38.3 Å². The number of carbonyl (C=O) groups excluding carboxylic acids is 1. The molecule has 0 aromatic heterocycles. The maximum absolute atomic E-state index is 11.9. The van der Waals surface area contributed by atoms with E-state index in [1.165, 1.54) is 0 Å². The van der Waals surface area contributed by atoms with E-state index >= 15 is 0 Å². The third-order valence-corrected chi connectivity index (χ3v) is 3.37. The summed E-state index contributed by atoms with van der Waals surface area (Å²) in [4.78, 5) is 11.9. The van der Waals surface area contributed by atoms with Gasteiger partial charge in [0, 0.05) is 12.0 Å². The van der Waals surface area contributed by atoms with Crippen molar-refractivity contribution >= 4 is 5.91 Å². The van der Waals surface area contributed by atoms with Gasteiger partial charge in [0.1, 0.15) is 5.75 Å². The Balaban J connectivity index is 2.63. The van der Waals surface area contributed by atoms with Crippen LogP contribution in [0.5, 0.6) is 5.75 Å². The van der Waals surface area contributed by atoms with Crippen molar-refractivity contribution in [1.29, 1.82) is 0 Å². The molecule has 0 saturated heterocycles. The second-order valence-electron chi connectivity index (χ2n) is 4.75. The Labute approximate surface area is 115 Å². The van der Waals surface area contributed by atoms with Crippen LogP contribution in [-0.4, -0.2) is 19.6 Å². The highest BCUT2D eigenvalue weighted by molar-refractivity contribution is 5.76. The van der Waals surface area contributed by atoms with E-state index in [1.807, 2.05) is 31.2 Å². The largest absolute Gasteiger partial charge is 0.496 e. The minimum absolute atomic E-state index is 0.0377. The molecule has 1 rings (SSSR count). The summed E-state index contributed by atoms with van der Waals surface area (Å²) in [5.41, 5.74) is 6.60. The maximum atomic E-state index is 11.9. The number of hydrogen-bond donors (Lipinski definition) is 2. The first kappa shape index (κ1) is 15.5. The summed E-state index contributed by atoms with van der Waals surface area (Å²) >= 11 is 0. The van der Waals surface area contributed by atoms with Gasteiger partial charge in [-0.15, -0.1) is 0 Å². The number of nitrogens with two attached hydrogens (primary N) is 1. The van der Waals surface area contributed by atoms with Crippen molar-refractivity contribution < 1.29 is 9.53 Å². The third-order valence-electron chi connectivity index (χ3n) is 3.37. The van der Waals surface area contributed by atoms with Crippen LogP contribution in [0.2, 0.25) is 0 Å².